The molecule has 0 bridgehead atoms. The number of carboxylic acids is 1. The third-order valence-electron chi connectivity index (χ3n) is 5.31. The predicted molar refractivity (Wildman–Crippen MR) is 123 cm³/mol. The van der Waals surface area contributed by atoms with Gasteiger partial charge in [0.15, 0.2) is 0 Å². The number of fused-ring (bicyclic) bond motifs is 3. The molecule has 3 rings (SSSR count). The van der Waals surface area contributed by atoms with Crippen LogP contribution in [0.4, 0.5) is 4.79 Å². The summed E-state index contributed by atoms with van der Waals surface area (Å²) in [6, 6.07) is 16.2. The zero-order chi connectivity index (χ0) is 23.6. The Kier molecular flexibility index (Phi) is 8.60. The molecule has 8 heteroatoms. The van der Waals surface area contributed by atoms with E-state index in [2.05, 4.69) is 34.9 Å². The number of ether oxygens (including phenoxy) is 2. The van der Waals surface area contributed by atoms with Gasteiger partial charge < -0.3 is 25.2 Å². The monoisotopic (exact) mass is 452 g/mol. The molecule has 0 aromatic heterocycles. The summed E-state index contributed by atoms with van der Waals surface area (Å²) in [6.45, 7) is 2.60. The molecule has 2 aromatic rings. The Hall–Kier alpha value is -3.65. The van der Waals surface area contributed by atoms with Gasteiger partial charge in [0.05, 0.1) is 12.5 Å². The Balaban J connectivity index is 1.49. The van der Waals surface area contributed by atoms with Gasteiger partial charge in [-0.05, 0) is 29.2 Å². The van der Waals surface area contributed by atoms with Crippen LogP contribution in [-0.2, 0) is 19.1 Å². The summed E-state index contributed by atoms with van der Waals surface area (Å²) in [7, 11) is 0. The highest BCUT2D eigenvalue weighted by Crippen LogP contribution is 2.44. The van der Waals surface area contributed by atoms with Gasteiger partial charge in [0.1, 0.15) is 6.61 Å². The summed E-state index contributed by atoms with van der Waals surface area (Å²) in [5.74, 6) is -1.42. The number of benzene rings is 2. The fourth-order valence-corrected chi connectivity index (χ4v) is 3.88. The second-order valence-electron chi connectivity index (χ2n) is 7.53. The summed E-state index contributed by atoms with van der Waals surface area (Å²) < 4.78 is 11.0. The number of nitrogens with one attached hydrogen (secondary N) is 2. The zero-order valence-electron chi connectivity index (χ0n) is 18.5. The first-order valence-electron chi connectivity index (χ1n) is 10.9. The molecule has 2 aromatic carbocycles. The van der Waals surface area contributed by atoms with Crippen molar-refractivity contribution in [3.63, 3.8) is 0 Å². The Morgan fingerprint density at radius 3 is 2.27 bits per heavy atom. The lowest BCUT2D eigenvalue weighted by molar-refractivity contribution is -0.131. The van der Waals surface area contributed by atoms with Gasteiger partial charge >= 0.3 is 12.1 Å². The largest absolute Gasteiger partial charge is 0.478 e. The van der Waals surface area contributed by atoms with E-state index in [1.807, 2.05) is 24.3 Å². The van der Waals surface area contributed by atoms with E-state index in [1.54, 1.807) is 6.92 Å². The molecule has 2 amide bonds. The number of amides is 2. The molecule has 1 aliphatic carbocycles. The van der Waals surface area contributed by atoms with Gasteiger partial charge in [-0.15, -0.1) is 0 Å². The number of carboxylic acid groups (broad SMARTS) is 1. The van der Waals surface area contributed by atoms with Gasteiger partial charge in [-0.2, -0.15) is 0 Å². The van der Waals surface area contributed by atoms with Gasteiger partial charge in [-0.3, -0.25) is 4.79 Å². The molecule has 0 saturated heterocycles. The van der Waals surface area contributed by atoms with Gasteiger partial charge in [-0.1, -0.05) is 54.6 Å². The number of hydrogen-bond acceptors (Lipinski definition) is 5. The van der Waals surface area contributed by atoms with Crippen LogP contribution in [0, 0.1) is 0 Å². The molecule has 1 aliphatic rings. The standard InChI is InChI=1S/C25H28N2O6/c1-2-32-17(14-23(28)26-13-7-12-24(29)30)15-27-25(31)33-16-22-20-10-5-3-8-18(20)19-9-4-6-11-21(19)22/h3-12,17,22H,2,13-16H2,1H3,(H,26,28)(H,27,31)(H,29,30)/b12-7+. The Morgan fingerprint density at radius 2 is 1.67 bits per heavy atom. The molecule has 33 heavy (non-hydrogen) atoms. The molecule has 0 spiro atoms. The predicted octanol–water partition coefficient (Wildman–Crippen LogP) is 3.08. The van der Waals surface area contributed by atoms with Crippen molar-refractivity contribution in [2.75, 3.05) is 26.3 Å². The number of aliphatic carboxylic acids is 1. The van der Waals surface area contributed by atoms with E-state index >= 15 is 0 Å². The fraction of sp³-hybridized carbons (Fsp3) is 0.320. The van der Waals surface area contributed by atoms with Crippen molar-refractivity contribution >= 4 is 18.0 Å². The lowest BCUT2D eigenvalue weighted by Crippen LogP contribution is -2.38. The molecule has 0 saturated carbocycles. The molecule has 0 fully saturated rings. The van der Waals surface area contributed by atoms with Gasteiger partial charge in [0.2, 0.25) is 5.91 Å². The van der Waals surface area contributed by atoms with Crippen molar-refractivity contribution in [2.24, 2.45) is 0 Å². The van der Waals surface area contributed by atoms with Crippen LogP contribution in [0.25, 0.3) is 11.1 Å². The molecule has 0 heterocycles. The Labute approximate surface area is 192 Å². The minimum absolute atomic E-state index is 0.0262. The summed E-state index contributed by atoms with van der Waals surface area (Å²) >= 11 is 0. The quantitative estimate of drug-likeness (QED) is 0.452. The number of carbonyl (C=O) groups is 3. The fourth-order valence-electron chi connectivity index (χ4n) is 3.88. The SMILES string of the molecule is CCOC(CNC(=O)OCC1c2ccccc2-c2ccccc21)CC(=O)NC/C=C/C(=O)O. The summed E-state index contributed by atoms with van der Waals surface area (Å²) in [4.78, 5) is 34.8. The number of rotatable bonds is 11. The van der Waals surface area contributed by atoms with E-state index in [4.69, 9.17) is 14.6 Å². The summed E-state index contributed by atoms with van der Waals surface area (Å²) in [5.41, 5.74) is 4.57. The molecule has 174 valence electrons. The second kappa shape index (κ2) is 11.8. The summed E-state index contributed by atoms with van der Waals surface area (Å²) in [6.07, 6.45) is 1.22. The van der Waals surface area contributed by atoms with Gasteiger partial charge in [-0.25, -0.2) is 9.59 Å². The van der Waals surface area contributed by atoms with Crippen LogP contribution in [0.1, 0.15) is 30.4 Å². The van der Waals surface area contributed by atoms with E-state index in [1.165, 1.54) is 6.08 Å². The van der Waals surface area contributed by atoms with Crippen LogP contribution >= 0.6 is 0 Å². The molecule has 8 nitrogen and oxygen atoms in total. The van der Waals surface area contributed by atoms with Gasteiger partial charge in [0, 0.05) is 31.7 Å². The van der Waals surface area contributed by atoms with Crippen molar-refractivity contribution in [1.29, 1.82) is 0 Å². The lowest BCUT2D eigenvalue weighted by Gasteiger charge is -2.18. The van der Waals surface area contributed by atoms with E-state index in [0.717, 1.165) is 28.3 Å². The third kappa shape index (κ3) is 6.66. The highest BCUT2D eigenvalue weighted by atomic mass is 16.5. The Morgan fingerprint density at radius 1 is 1.03 bits per heavy atom. The number of alkyl carbamates (subject to hydrolysis) is 1. The smallest absolute Gasteiger partial charge is 0.407 e. The van der Waals surface area contributed by atoms with Crippen LogP contribution in [0.2, 0.25) is 0 Å². The average Bonchev–Trinajstić information content (AvgIpc) is 3.13. The molecule has 3 N–H and O–H groups in total. The highest BCUT2D eigenvalue weighted by Gasteiger charge is 2.29. The first-order chi connectivity index (χ1) is 16.0. The van der Waals surface area contributed by atoms with Crippen LogP contribution < -0.4 is 10.6 Å². The van der Waals surface area contributed by atoms with E-state index < -0.39 is 18.2 Å². The van der Waals surface area contributed by atoms with Crippen molar-refractivity contribution in [3.05, 3.63) is 71.8 Å². The van der Waals surface area contributed by atoms with Crippen LogP contribution in [0.15, 0.2) is 60.7 Å². The first-order valence-corrected chi connectivity index (χ1v) is 10.9. The Bertz CT molecular complexity index is 974. The van der Waals surface area contributed by atoms with Crippen LogP contribution in [0.3, 0.4) is 0 Å². The topological polar surface area (TPSA) is 114 Å². The minimum atomic E-state index is -1.08. The minimum Gasteiger partial charge on any atom is -0.478 e. The maximum absolute atomic E-state index is 12.3. The van der Waals surface area contributed by atoms with E-state index in [9.17, 15) is 14.4 Å². The lowest BCUT2D eigenvalue weighted by atomic mass is 9.98. The van der Waals surface area contributed by atoms with E-state index in [-0.39, 0.29) is 37.9 Å². The molecular formula is C25H28N2O6. The molecular weight excluding hydrogens is 424 g/mol. The number of hydrogen-bond donors (Lipinski definition) is 3. The molecule has 0 aliphatic heterocycles. The van der Waals surface area contributed by atoms with Crippen LogP contribution in [-0.4, -0.2) is 55.5 Å². The average molecular weight is 453 g/mol. The molecule has 1 atom stereocenters. The third-order valence-corrected chi connectivity index (χ3v) is 5.31. The zero-order valence-corrected chi connectivity index (χ0v) is 18.5. The van der Waals surface area contributed by atoms with Gasteiger partial charge in [0.25, 0.3) is 0 Å². The molecule has 1 unspecified atom stereocenters. The van der Waals surface area contributed by atoms with E-state index in [0.29, 0.717) is 6.61 Å². The summed E-state index contributed by atoms with van der Waals surface area (Å²) in [5, 5.41) is 13.8. The maximum atomic E-state index is 12.3. The second-order valence-corrected chi connectivity index (χ2v) is 7.53. The van der Waals surface area contributed by atoms with Crippen molar-refractivity contribution < 1.29 is 29.0 Å². The van der Waals surface area contributed by atoms with Crippen LogP contribution in [0.5, 0.6) is 0 Å². The highest BCUT2D eigenvalue weighted by molar-refractivity contribution is 5.80. The van der Waals surface area contributed by atoms with Crippen molar-refractivity contribution in [1.82, 2.24) is 10.6 Å². The van der Waals surface area contributed by atoms with Crippen molar-refractivity contribution in [2.45, 2.75) is 25.4 Å². The van der Waals surface area contributed by atoms with Crippen molar-refractivity contribution in [3.8, 4) is 11.1 Å². The first kappa shape index (κ1) is 24.0. The molecule has 0 radical (unpaired) electrons. The maximum Gasteiger partial charge on any atom is 0.407 e. The number of carbonyl (C=O) groups excluding carboxylic acids is 2. The normalized spacial score (nSPS) is 13.2.